The van der Waals surface area contributed by atoms with E-state index in [4.69, 9.17) is 5.73 Å². The van der Waals surface area contributed by atoms with Crippen molar-refractivity contribution in [3.05, 3.63) is 36.2 Å². The largest absolute Gasteiger partial charge is 0.435 e. The van der Waals surface area contributed by atoms with Crippen molar-refractivity contribution in [1.29, 1.82) is 0 Å². The van der Waals surface area contributed by atoms with Crippen LogP contribution in [0.4, 0.5) is 18.9 Å². The van der Waals surface area contributed by atoms with Crippen LogP contribution in [0.1, 0.15) is 5.69 Å². The maximum Gasteiger partial charge on any atom is 0.435 e. The summed E-state index contributed by atoms with van der Waals surface area (Å²) in [7, 11) is -2.51. The van der Waals surface area contributed by atoms with Gasteiger partial charge in [-0.15, -0.1) is 0 Å². The molecule has 1 aromatic heterocycles. The van der Waals surface area contributed by atoms with Crippen LogP contribution in [0, 0.1) is 0 Å². The summed E-state index contributed by atoms with van der Waals surface area (Å²) in [4.78, 5) is -0.127. The van der Waals surface area contributed by atoms with E-state index >= 15 is 0 Å². The smallest absolute Gasteiger partial charge is 0.397 e. The SMILES string of the molecule is CNS(=O)(=O)c1ccc(N)c(-n2ccc(C(F)(F)F)n2)c1. The van der Waals surface area contributed by atoms with Crippen molar-refractivity contribution in [2.24, 2.45) is 0 Å². The number of alkyl halides is 3. The van der Waals surface area contributed by atoms with Crippen LogP contribution in [-0.4, -0.2) is 25.2 Å². The van der Waals surface area contributed by atoms with Crippen LogP contribution in [0.2, 0.25) is 0 Å². The van der Waals surface area contributed by atoms with Crippen LogP contribution in [0.5, 0.6) is 0 Å². The molecule has 2 rings (SSSR count). The van der Waals surface area contributed by atoms with Crippen LogP contribution < -0.4 is 10.5 Å². The molecule has 1 aromatic carbocycles. The van der Waals surface area contributed by atoms with Crippen molar-refractivity contribution in [1.82, 2.24) is 14.5 Å². The zero-order valence-electron chi connectivity index (χ0n) is 10.7. The van der Waals surface area contributed by atoms with Crippen LogP contribution >= 0.6 is 0 Å². The van der Waals surface area contributed by atoms with Crippen molar-refractivity contribution in [2.75, 3.05) is 12.8 Å². The Hall–Kier alpha value is -2.07. The summed E-state index contributed by atoms with van der Waals surface area (Å²) in [6.07, 6.45) is -3.53. The summed E-state index contributed by atoms with van der Waals surface area (Å²) in [6, 6.07) is 4.46. The Morgan fingerprint density at radius 2 is 1.95 bits per heavy atom. The molecule has 2 aromatic rings. The number of halogens is 3. The lowest BCUT2D eigenvalue weighted by molar-refractivity contribution is -0.141. The van der Waals surface area contributed by atoms with Gasteiger partial charge in [-0.1, -0.05) is 0 Å². The lowest BCUT2D eigenvalue weighted by Crippen LogP contribution is -2.19. The molecule has 0 aliphatic carbocycles. The molecule has 0 saturated carbocycles. The van der Waals surface area contributed by atoms with Gasteiger partial charge >= 0.3 is 6.18 Å². The zero-order chi connectivity index (χ0) is 15.8. The zero-order valence-corrected chi connectivity index (χ0v) is 11.5. The number of aromatic nitrogens is 2. The summed E-state index contributed by atoms with van der Waals surface area (Å²) >= 11 is 0. The van der Waals surface area contributed by atoms with Gasteiger partial charge in [0, 0.05) is 6.20 Å². The minimum absolute atomic E-state index is 0.0434. The second kappa shape index (κ2) is 5.04. The fourth-order valence-electron chi connectivity index (χ4n) is 1.62. The number of nitrogens with one attached hydrogen (secondary N) is 1. The van der Waals surface area contributed by atoms with Gasteiger partial charge in [0.15, 0.2) is 5.69 Å². The number of hydrogen-bond donors (Lipinski definition) is 2. The highest BCUT2D eigenvalue weighted by Gasteiger charge is 2.33. The summed E-state index contributed by atoms with van der Waals surface area (Å²) in [5, 5.41) is 3.36. The molecule has 1 heterocycles. The molecule has 0 aliphatic rings. The lowest BCUT2D eigenvalue weighted by Gasteiger charge is -2.09. The number of anilines is 1. The second-order valence-corrected chi connectivity index (χ2v) is 5.96. The molecule has 0 spiro atoms. The quantitative estimate of drug-likeness (QED) is 0.836. The standard InChI is InChI=1S/C11H11F3N4O2S/c1-16-21(19,20)7-2-3-8(15)9(6-7)18-5-4-10(17-18)11(12,13)14/h2-6,16H,15H2,1H3. The molecule has 0 radical (unpaired) electrons. The summed E-state index contributed by atoms with van der Waals surface area (Å²) in [6.45, 7) is 0. The average Bonchev–Trinajstić information content (AvgIpc) is 2.88. The monoisotopic (exact) mass is 320 g/mol. The highest BCUT2D eigenvalue weighted by molar-refractivity contribution is 7.89. The molecule has 0 fully saturated rings. The van der Waals surface area contributed by atoms with Gasteiger partial charge in [0.1, 0.15) is 0 Å². The van der Waals surface area contributed by atoms with Crippen molar-refractivity contribution >= 4 is 15.7 Å². The molecule has 0 saturated heterocycles. The van der Waals surface area contributed by atoms with Gasteiger partial charge in [-0.25, -0.2) is 17.8 Å². The van der Waals surface area contributed by atoms with Crippen molar-refractivity contribution in [2.45, 2.75) is 11.1 Å². The maximum atomic E-state index is 12.5. The van der Waals surface area contributed by atoms with Gasteiger partial charge < -0.3 is 5.73 Å². The summed E-state index contributed by atoms with van der Waals surface area (Å²) < 4.78 is 64.0. The third kappa shape index (κ3) is 3.00. The first-order valence-corrected chi connectivity index (χ1v) is 7.10. The Kier molecular flexibility index (Phi) is 3.68. The van der Waals surface area contributed by atoms with Crippen LogP contribution in [0.15, 0.2) is 35.4 Å². The van der Waals surface area contributed by atoms with Crippen molar-refractivity contribution in [3.8, 4) is 5.69 Å². The Labute approximate surface area is 118 Å². The van der Waals surface area contributed by atoms with Gasteiger partial charge in [0.05, 0.1) is 16.3 Å². The first kappa shape index (κ1) is 15.3. The maximum absolute atomic E-state index is 12.5. The lowest BCUT2D eigenvalue weighted by atomic mass is 10.3. The molecule has 0 bridgehead atoms. The third-order valence-electron chi connectivity index (χ3n) is 2.71. The van der Waals surface area contributed by atoms with Gasteiger partial charge in [0.25, 0.3) is 0 Å². The Balaban J connectivity index is 2.54. The fraction of sp³-hybridized carbons (Fsp3) is 0.182. The fourth-order valence-corrected chi connectivity index (χ4v) is 2.37. The Morgan fingerprint density at radius 1 is 1.29 bits per heavy atom. The van der Waals surface area contributed by atoms with Crippen molar-refractivity contribution < 1.29 is 21.6 Å². The van der Waals surface area contributed by atoms with E-state index < -0.39 is 21.9 Å². The minimum atomic E-state index is -4.59. The van der Waals surface area contributed by atoms with E-state index in [-0.39, 0.29) is 16.3 Å². The topological polar surface area (TPSA) is 90.0 Å². The normalized spacial score (nSPS) is 12.6. The first-order chi connectivity index (χ1) is 9.65. The number of sulfonamides is 1. The summed E-state index contributed by atoms with van der Waals surface area (Å²) in [5.74, 6) is 0. The highest BCUT2D eigenvalue weighted by Crippen LogP contribution is 2.29. The van der Waals surface area contributed by atoms with E-state index in [1.165, 1.54) is 19.2 Å². The third-order valence-corrected chi connectivity index (χ3v) is 4.12. The average molecular weight is 320 g/mol. The van der Waals surface area contributed by atoms with E-state index in [0.717, 1.165) is 23.0 Å². The molecule has 3 N–H and O–H groups in total. The van der Waals surface area contributed by atoms with E-state index in [0.29, 0.717) is 0 Å². The molecule has 6 nitrogen and oxygen atoms in total. The van der Waals surface area contributed by atoms with Gasteiger partial charge in [-0.05, 0) is 31.3 Å². The second-order valence-electron chi connectivity index (χ2n) is 4.07. The molecule has 21 heavy (non-hydrogen) atoms. The molecule has 0 amide bonds. The molecule has 0 atom stereocenters. The van der Waals surface area contributed by atoms with Gasteiger partial charge in [-0.2, -0.15) is 18.3 Å². The Morgan fingerprint density at radius 3 is 2.48 bits per heavy atom. The highest BCUT2D eigenvalue weighted by atomic mass is 32.2. The molecular weight excluding hydrogens is 309 g/mol. The Bertz CT molecular complexity index is 768. The number of nitrogen functional groups attached to an aromatic ring is 1. The molecule has 10 heteroatoms. The molecule has 0 aliphatic heterocycles. The van der Waals surface area contributed by atoms with E-state index in [1.807, 2.05) is 0 Å². The van der Waals surface area contributed by atoms with Gasteiger partial charge in [-0.3, -0.25) is 0 Å². The van der Waals surface area contributed by atoms with Crippen LogP contribution in [0.25, 0.3) is 5.69 Å². The van der Waals surface area contributed by atoms with Gasteiger partial charge in [0.2, 0.25) is 10.0 Å². The first-order valence-electron chi connectivity index (χ1n) is 5.61. The number of benzene rings is 1. The predicted molar refractivity (Wildman–Crippen MR) is 69.2 cm³/mol. The van der Waals surface area contributed by atoms with Crippen LogP contribution in [-0.2, 0) is 16.2 Å². The van der Waals surface area contributed by atoms with Crippen LogP contribution in [0.3, 0.4) is 0 Å². The number of rotatable bonds is 3. The number of nitrogens with zero attached hydrogens (tertiary/aromatic N) is 2. The predicted octanol–water partition coefficient (Wildman–Crippen LogP) is 1.38. The molecular formula is C11H11F3N4O2S. The molecule has 114 valence electrons. The van der Waals surface area contributed by atoms with E-state index in [1.54, 1.807) is 0 Å². The number of hydrogen-bond acceptors (Lipinski definition) is 4. The minimum Gasteiger partial charge on any atom is -0.397 e. The van der Waals surface area contributed by atoms with E-state index in [2.05, 4.69) is 9.82 Å². The molecule has 0 unspecified atom stereocenters. The van der Waals surface area contributed by atoms with Crippen molar-refractivity contribution in [3.63, 3.8) is 0 Å². The summed E-state index contributed by atoms with van der Waals surface area (Å²) in [5.41, 5.74) is 4.72. The van der Waals surface area contributed by atoms with E-state index in [9.17, 15) is 21.6 Å². The number of nitrogens with two attached hydrogens (primary N) is 1.